The van der Waals surface area contributed by atoms with Crippen molar-refractivity contribution >= 4 is 28.8 Å². The third-order valence-corrected chi connectivity index (χ3v) is 6.59. The number of methoxy groups -OCH3 is 1. The summed E-state index contributed by atoms with van der Waals surface area (Å²) in [5.41, 5.74) is 5.94. The molecule has 0 radical (unpaired) electrons. The Labute approximate surface area is 225 Å². The number of rotatable bonds is 8. The van der Waals surface area contributed by atoms with E-state index in [1.165, 1.54) is 5.57 Å². The second kappa shape index (κ2) is 12.8. The molecule has 2 heterocycles. The molecule has 0 amide bonds. The number of hydrogen-bond donors (Lipinski definition) is 2. The number of allylic oxidation sites excluding steroid dienone is 1. The summed E-state index contributed by atoms with van der Waals surface area (Å²) in [4.78, 5) is 0. The highest BCUT2D eigenvalue weighted by Gasteiger charge is 2.33. The molecule has 5 nitrogen and oxygen atoms in total. The summed E-state index contributed by atoms with van der Waals surface area (Å²) in [5, 5.41) is 16.2. The molecular formula is C31H37NO4S. The Balaban J connectivity index is 0.00000186. The molecule has 0 fully saturated rings. The second-order valence-corrected chi connectivity index (χ2v) is 9.94. The summed E-state index contributed by atoms with van der Waals surface area (Å²) >= 11 is 1.69. The molecule has 0 aliphatic carbocycles. The first kappa shape index (κ1) is 28.3. The van der Waals surface area contributed by atoms with Crippen LogP contribution in [0.4, 0.5) is 5.69 Å². The van der Waals surface area contributed by atoms with Crippen molar-refractivity contribution in [1.29, 1.82) is 0 Å². The molecule has 0 aromatic heterocycles. The minimum absolute atomic E-state index is 0.0874. The van der Waals surface area contributed by atoms with Crippen LogP contribution in [0.1, 0.15) is 52.2 Å². The molecule has 0 spiro atoms. The smallest absolute Gasteiger partial charge is 0.172 e. The van der Waals surface area contributed by atoms with Gasteiger partial charge in [0.2, 0.25) is 0 Å². The van der Waals surface area contributed by atoms with E-state index >= 15 is 0 Å². The number of terminal acetylenes is 1. The minimum atomic E-state index is -0.150. The lowest BCUT2D eigenvalue weighted by molar-refractivity contribution is 0.172. The van der Waals surface area contributed by atoms with E-state index in [0.717, 1.165) is 45.9 Å². The Kier molecular flexibility index (Phi) is 9.79. The molecule has 0 atom stereocenters. The lowest BCUT2D eigenvalue weighted by Crippen LogP contribution is -2.32. The predicted octanol–water partition coefficient (Wildman–Crippen LogP) is 7.72. The Morgan fingerprint density at radius 1 is 1.16 bits per heavy atom. The van der Waals surface area contributed by atoms with E-state index in [2.05, 4.69) is 67.8 Å². The molecule has 0 saturated carbocycles. The number of ether oxygens (including phenoxy) is 3. The van der Waals surface area contributed by atoms with Crippen molar-refractivity contribution in [3.05, 3.63) is 59.0 Å². The third-order valence-electron chi connectivity index (χ3n) is 5.84. The largest absolute Gasteiger partial charge is 0.504 e. The average molecular weight is 520 g/mol. The van der Waals surface area contributed by atoms with Gasteiger partial charge in [0.05, 0.1) is 24.8 Å². The van der Waals surface area contributed by atoms with Crippen molar-refractivity contribution in [3.8, 4) is 40.7 Å². The Morgan fingerprint density at radius 2 is 1.95 bits per heavy atom. The van der Waals surface area contributed by atoms with Gasteiger partial charge >= 0.3 is 0 Å². The molecule has 2 aromatic rings. The van der Waals surface area contributed by atoms with Gasteiger partial charge < -0.3 is 24.6 Å². The quantitative estimate of drug-likeness (QED) is 0.275. The number of anilines is 1. The first-order chi connectivity index (χ1) is 17.9. The summed E-state index contributed by atoms with van der Waals surface area (Å²) in [5.74, 6) is 5.17. The minimum Gasteiger partial charge on any atom is -0.504 e. The monoisotopic (exact) mass is 519 g/mol. The van der Waals surface area contributed by atoms with Crippen LogP contribution < -0.4 is 14.8 Å². The lowest BCUT2D eigenvalue weighted by atomic mass is 9.83. The van der Waals surface area contributed by atoms with Crippen LogP contribution in [0.3, 0.4) is 0 Å². The van der Waals surface area contributed by atoms with Gasteiger partial charge in [0.15, 0.2) is 11.5 Å². The number of phenols is 1. The fourth-order valence-electron chi connectivity index (χ4n) is 4.59. The summed E-state index contributed by atoms with van der Waals surface area (Å²) in [6, 6.07) is 7.57. The van der Waals surface area contributed by atoms with E-state index in [9.17, 15) is 5.11 Å². The first-order valence-corrected chi connectivity index (χ1v) is 13.6. The Morgan fingerprint density at radius 3 is 2.68 bits per heavy atom. The van der Waals surface area contributed by atoms with Gasteiger partial charge in [-0.1, -0.05) is 38.0 Å². The van der Waals surface area contributed by atoms with Gasteiger partial charge in [-0.25, -0.2) is 0 Å². The molecule has 0 bridgehead atoms. The number of benzene rings is 2. The van der Waals surface area contributed by atoms with Crippen molar-refractivity contribution in [2.45, 2.75) is 46.6 Å². The highest BCUT2D eigenvalue weighted by molar-refractivity contribution is 8.02. The maximum atomic E-state index is 10.5. The van der Waals surface area contributed by atoms with Crippen LogP contribution in [0, 0.1) is 12.3 Å². The van der Waals surface area contributed by atoms with Gasteiger partial charge in [-0.2, -0.15) is 0 Å². The standard InChI is InChI=1S/C29H31NO4S.C2H6/c1-6-14-33-15-7-8-16-35-17-13-24-26-20(27-23(34-24)12-11-22(31)28(27)32-5)9-10-21-25(26)19(2)18-29(3,4)30-21;1-2/h1,8-13,16,18,30-31H,7,14-15,17H2,2-5H3;1-2H3/b16-8-,24-13-;. The average Bonchev–Trinajstić information content (AvgIpc) is 2.87. The second-order valence-electron chi connectivity index (χ2n) is 9.00. The maximum absolute atomic E-state index is 10.5. The van der Waals surface area contributed by atoms with Crippen molar-refractivity contribution < 1.29 is 19.3 Å². The number of fused-ring (bicyclic) bond motifs is 5. The molecule has 0 saturated heterocycles. The van der Waals surface area contributed by atoms with Crippen LogP contribution in [0.5, 0.6) is 17.2 Å². The normalized spacial score (nSPS) is 15.7. The summed E-state index contributed by atoms with van der Waals surface area (Å²) in [6.45, 7) is 11.4. The molecule has 2 aliphatic rings. The van der Waals surface area contributed by atoms with Gasteiger partial charge in [-0.3, -0.25) is 0 Å². The van der Waals surface area contributed by atoms with Gasteiger partial charge in [0.1, 0.15) is 18.1 Å². The van der Waals surface area contributed by atoms with Gasteiger partial charge in [0.25, 0.3) is 0 Å². The lowest BCUT2D eigenvalue weighted by Gasteiger charge is -2.35. The molecule has 4 rings (SSSR count). The predicted molar refractivity (Wildman–Crippen MR) is 157 cm³/mol. The Bertz CT molecular complexity index is 1250. The number of phenolic OH excluding ortho intramolecular Hbond substituents is 1. The zero-order chi connectivity index (χ0) is 27.0. The molecular weight excluding hydrogens is 482 g/mol. The van der Waals surface area contributed by atoms with Crippen molar-refractivity contribution in [1.82, 2.24) is 0 Å². The van der Waals surface area contributed by atoms with Crippen LogP contribution in [0.2, 0.25) is 0 Å². The van der Waals surface area contributed by atoms with Crippen molar-refractivity contribution in [3.63, 3.8) is 0 Å². The zero-order valence-corrected chi connectivity index (χ0v) is 23.4. The third kappa shape index (κ3) is 6.36. The molecule has 2 aromatic carbocycles. The summed E-state index contributed by atoms with van der Waals surface area (Å²) in [7, 11) is 1.56. The molecule has 37 heavy (non-hydrogen) atoms. The zero-order valence-electron chi connectivity index (χ0n) is 22.6. The van der Waals surface area contributed by atoms with E-state index in [4.69, 9.17) is 20.6 Å². The number of nitrogens with one attached hydrogen (secondary N) is 1. The van der Waals surface area contributed by atoms with Crippen molar-refractivity contribution in [2.75, 3.05) is 31.4 Å². The van der Waals surface area contributed by atoms with E-state index in [1.54, 1.807) is 31.0 Å². The van der Waals surface area contributed by atoms with Crippen LogP contribution >= 0.6 is 11.8 Å². The topological polar surface area (TPSA) is 60.0 Å². The first-order valence-electron chi connectivity index (χ1n) is 12.6. The molecule has 0 unspecified atom stereocenters. The van der Waals surface area contributed by atoms with Crippen LogP contribution in [0.15, 0.2) is 47.9 Å². The fourth-order valence-corrected chi connectivity index (χ4v) is 5.22. The van der Waals surface area contributed by atoms with Crippen molar-refractivity contribution in [2.24, 2.45) is 0 Å². The SMILES string of the molecule is C#CCOCC/C=C\SC/C=C1\Oc2ccc(O)c(OC)c2-c2ccc3c(c21)C(C)=CC(C)(C)N3.CC. The molecule has 6 heteroatoms. The van der Waals surface area contributed by atoms with E-state index in [1.807, 2.05) is 13.8 Å². The molecule has 2 aliphatic heterocycles. The molecule has 196 valence electrons. The van der Waals surface area contributed by atoms with Crippen LogP contribution in [-0.4, -0.2) is 36.7 Å². The maximum Gasteiger partial charge on any atom is 0.172 e. The van der Waals surface area contributed by atoms with E-state index in [0.29, 0.717) is 24.7 Å². The van der Waals surface area contributed by atoms with Crippen LogP contribution in [-0.2, 0) is 4.74 Å². The number of hydrogen-bond acceptors (Lipinski definition) is 6. The van der Waals surface area contributed by atoms with Gasteiger partial charge in [-0.15, -0.1) is 18.2 Å². The highest BCUT2D eigenvalue weighted by Crippen LogP contribution is 2.53. The van der Waals surface area contributed by atoms with E-state index < -0.39 is 0 Å². The number of aromatic hydroxyl groups is 1. The fraction of sp³-hybridized carbons (Fsp3) is 0.355. The number of thioether (sulfide) groups is 1. The Hall–Kier alpha value is -3.27. The van der Waals surface area contributed by atoms with Gasteiger partial charge in [-0.05, 0) is 62.4 Å². The summed E-state index contributed by atoms with van der Waals surface area (Å²) in [6.07, 6.45) is 12.4. The highest BCUT2D eigenvalue weighted by atomic mass is 32.2. The summed E-state index contributed by atoms with van der Waals surface area (Å²) < 4.78 is 17.3. The van der Waals surface area contributed by atoms with Crippen LogP contribution in [0.25, 0.3) is 22.5 Å². The van der Waals surface area contributed by atoms with E-state index in [-0.39, 0.29) is 11.3 Å². The van der Waals surface area contributed by atoms with Gasteiger partial charge in [0, 0.05) is 28.1 Å². The molecule has 2 N–H and O–H groups in total.